The Morgan fingerprint density at radius 1 is 1.00 bits per heavy atom. The number of nitrogens with two attached hydrogens (primary N) is 1. The number of benzene rings is 2. The molecule has 7 heteroatoms. The van der Waals surface area contributed by atoms with Gasteiger partial charge in [-0.2, -0.15) is 0 Å². The highest BCUT2D eigenvalue weighted by Gasteiger charge is 2.20. The van der Waals surface area contributed by atoms with Gasteiger partial charge in [0, 0.05) is 47.6 Å². The van der Waals surface area contributed by atoms with Gasteiger partial charge in [-0.15, -0.1) is 0 Å². The smallest absolute Gasteiger partial charge is 0.249 e. The van der Waals surface area contributed by atoms with Crippen LogP contribution in [-0.4, -0.2) is 33.9 Å². The topological polar surface area (TPSA) is 109 Å². The Kier molecular flexibility index (Phi) is 5.09. The Morgan fingerprint density at radius 2 is 1.84 bits per heavy atom. The summed E-state index contributed by atoms with van der Waals surface area (Å²) < 4.78 is 0. The molecule has 0 radical (unpaired) electrons. The van der Waals surface area contributed by atoms with Crippen molar-refractivity contribution in [1.29, 1.82) is 0 Å². The highest BCUT2D eigenvalue weighted by molar-refractivity contribution is 6.09. The number of carbonyl (C=O) groups is 1. The van der Waals surface area contributed by atoms with Crippen molar-refractivity contribution in [2.45, 2.75) is 19.4 Å². The van der Waals surface area contributed by atoms with Gasteiger partial charge in [0.2, 0.25) is 5.91 Å². The van der Waals surface area contributed by atoms with Gasteiger partial charge in [-0.3, -0.25) is 4.79 Å². The van der Waals surface area contributed by atoms with Crippen molar-refractivity contribution >= 4 is 22.5 Å². The van der Waals surface area contributed by atoms with Crippen molar-refractivity contribution in [2.75, 3.05) is 18.4 Å². The largest absolute Gasteiger partial charge is 0.366 e. The molecule has 0 saturated heterocycles. The zero-order valence-electron chi connectivity index (χ0n) is 17.1. The maximum Gasteiger partial charge on any atom is 0.249 e. The maximum absolute atomic E-state index is 11.8. The van der Waals surface area contributed by atoms with Crippen LogP contribution in [0.4, 0.5) is 5.82 Å². The second-order valence-corrected chi connectivity index (χ2v) is 7.70. The molecule has 7 nitrogen and oxygen atoms in total. The van der Waals surface area contributed by atoms with Crippen molar-refractivity contribution in [2.24, 2.45) is 5.73 Å². The SMILES string of the molecule is NC(=O)c1cccc2c(-c3nc4c(c(NCc5ccccc5)n3)CCNCC4)[nH]cc12. The van der Waals surface area contributed by atoms with Crippen molar-refractivity contribution < 1.29 is 4.79 Å². The van der Waals surface area contributed by atoms with Crippen LogP contribution in [0.5, 0.6) is 0 Å². The van der Waals surface area contributed by atoms with E-state index in [1.165, 1.54) is 11.1 Å². The molecule has 5 N–H and O–H groups in total. The Labute approximate surface area is 180 Å². The average molecular weight is 412 g/mol. The summed E-state index contributed by atoms with van der Waals surface area (Å²) in [6.45, 7) is 2.48. The van der Waals surface area contributed by atoms with E-state index < -0.39 is 5.91 Å². The molecule has 5 rings (SSSR count). The van der Waals surface area contributed by atoms with Crippen molar-refractivity contribution in [3.05, 3.63) is 77.1 Å². The molecule has 0 aliphatic carbocycles. The minimum atomic E-state index is -0.449. The third-order valence-electron chi connectivity index (χ3n) is 5.71. The number of fused-ring (bicyclic) bond motifs is 2. The Morgan fingerprint density at radius 3 is 2.68 bits per heavy atom. The van der Waals surface area contributed by atoms with Crippen LogP contribution >= 0.6 is 0 Å². The minimum Gasteiger partial charge on any atom is -0.366 e. The number of hydrogen-bond acceptors (Lipinski definition) is 5. The van der Waals surface area contributed by atoms with Crippen LogP contribution in [-0.2, 0) is 19.4 Å². The zero-order chi connectivity index (χ0) is 21.2. The van der Waals surface area contributed by atoms with Gasteiger partial charge >= 0.3 is 0 Å². The van der Waals surface area contributed by atoms with E-state index in [-0.39, 0.29) is 0 Å². The van der Waals surface area contributed by atoms with E-state index in [0.717, 1.165) is 53.9 Å². The summed E-state index contributed by atoms with van der Waals surface area (Å²) in [6, 6.07) is 15.8. The molecule has 0 bridgehead atoms. The molecule has 0 spiro atoms. The van der Waals surface area contributed by atoms with E-state index in [9.17, 15) is 4.79 Å². The maximum atomic E-state index is 11.8. The van der Waals surface area contributed by atoms with Crippen molar-refractivity contribution in [3.63, 3.8) is 0 Å². The molecule has 1 aliphatic heterocycles. The number of H-pyrrole nitrogens is 1. The van der Waals surface area contributed by atoms with Crippen LogP contribution in [0.25, 0.3) is 22.3 Å². The third kappa shape index (κ3) is 3.75. The molecule has 0 unspecified atom stereocenters. The Balaban J connectivity index is 1.59. The molecule has 0 fully saturated rings. The molecule has 3 heterocycles. The lowest BCUT2D eigenvalue weighted by atomic mass is 10.1. The fourth-order valence-electron chi connectivity index (χ4n) is 4.15. The quantitative estimate of drug-likeness (QED) is 0.403. The summed E-state index contributed by atoms with van der Waals surface area (Å²) in [5.74, 6) is 1.03. The number of nitrogens with one attached hydrogen (secondary N) is 3. The lowest BCUT2D eigenvalue weighted by Gasteiger charge is -2.15. The molecule has 2 aromatic carbocycles. The fourth-order valence-corrected chi connectivity index (χ4v) is 4.15. The Bertz CT molecular complexity index is 1250. The summed E-state index contributed by atoms with van der Waals surface area (Å²) >= 11 is 0. The predicted octanol–water partition coefficient (Wildman–Crippen LogP) is 3.02. The number of aromatic amines is 1. The molecular weight excluding hydrogens is 388 g/mol. The number of amides is 1. The summed E-state index contributed by atoms with van der Waals surface area (Å²) in [5, 5.41) is 8.64. The lowest BCUT2D eigenvalue weighted by molar-refractivity contribution is 0.100. The second-order valence-electron chi connectivity index (χ2n) is 7.70. The fraction of sp³-hybridized carbons (Fsp3) is 0.208. The van der Waals surface area contributed by atoms with Crippen LogP contribution < -0.4 is 16.4 Å². The molecular formula is C24H24N6O. The lowest BCUT2D eigenvalue weighted by Crippen LogP contribution is -2.16. The molecule has 156 valence electrons. The molecule has 0 atom stereocenters. The first kappa shape index (κ1) is 19.3. The van der Waals surface area contributed by atoms with Gasteiger partial charge in [0.1, 0.15) is 5.82 Å². The molecule has 2 aromatic heterocycles. The first-order valence-corrected chi connectivity index (χ1v) is 10.5. The first-order chi connectivity index (χ1) is 15.2. The van der Waals surface area contributed by atoms with Gasteiger partial charge in [0.15, 0.2) is 5.82 Å². The summed E-state index contributed by atoms with van der Waals surface area (Å²) in [4.78, 5) is 24.9. The highest BCUT2D eigenvalue weighted by Crippen LogP contribution is 2.30. The van der Waals surface area contributed by atoms with E-state index in [1.54, 1.807) is 12.3 Å². The van der Waals surface area contributed by atoms with Gasteiger partial charge < -0.3 is 21.4 Å². The number of anilines is 1. The van der Waals surface area contributed by atoms with Crippen molar-refractivity contribution in [1.82, 2.24) is 20.3 Å². The van der Waals surface area contributed by atoms with E-state index in [2.05, 4.69) is 27.8 Å². The van der Waals surface area contributed by atoms with E-state index >= 15 is 0 Å². The highest BCUT2D eigenvalue weighted by atomic mass is 16.1. The molecule has 1 amide bonds. The van der Waals surface area contributed by atoms with Crippen LogP contribution in [0.3, 0.4) is 0 Å². The summed E-state index contributed by atoms with van der Waals surface area (Å²) in [5.41, 5.74) is 10.2. The van der Waals surface area contributed by atoms with E-state index in [0.29, 0.717) is 17.9 Å². The number of carbonyl (C=O) groups excluding carboxylic acids is 1. The molecule has 1 aliphatic rings. The normalized spacial score (nSPS) is 13.5. The summed E-state index contributed by atoms with van der Waals surface area (Å²) in [7, 11) is 0. The molecule has 0 saturated carbocycles. The van der Waals surface area contributed by atoms with Crippen LogP contribution in [0.1, 0.15) is 27.2 Å². The molecule has 31 heavy (non-hydrogen) atoms. The predicted molar refractivity (Wildman–Crippen MR) is 122 cm³/mol. The third-order valence-corrected chi connectivity index (χ3v) is 5.71. The standard InChI is InChI=1S/C24H24N6O/c25-22(31)17-8-4-7-16-19(17)14-27-21(16)24-29-20-10-12-26-11-9-18(20)23(30-24)28-13-15-5-2-1-3-6-15/h1-8,14,26-27H,9-13H2,(H2,25,31)(H,28,29,30). The first-order valence-electron chi connectivity index (χ1n) is 10.5. The number of primary amides is 1. The van der Waals surface area contributed by atoms with Gasteiger partial charge in [-0.25, -0.2) is 9.97 Å². The van der Waals surface area contributed by atoms with Gasteiger partial charge in [-0.1, -0.05) is 42.5 Å². The summed E-state index contributed by atoms with van der Waals surface area (Å²) in [6.07, 6.45) is 3.53. The monoisotopic (exact) mass is 412 g/mol. The minimum absolute atomic E-state index is 0.449. The Hall–Kier alpha value is -3.71. The zero-order valence-corrected chi connectivity index (χ0v) is 17.1. The van der Waals surface area contributed by atoms with Crippen LogP contribution in [0, 0.1) is 0 Å². The number of rotatable bonds is 5. The van der Waals surface area contributed by atoms with Crippen LogP contribution in [0.2, 0.25) is 0 Å². The average Bonchev–Trinajstić information content (AvgIpc) is 3.08. The molecule has 4 aromatic rings. The van der Waals surface area contributed by atoms with Gasteiger partial charge in [0.05, 0.1) is 11.4 Å². The number of aromatic nitrogens is 3. The van der Waals surface area contributed by atoms with Crippen molar-refractivity contribution in [3.8, 4) is 11.5 Å². The number of nitrogens with zero attached hydrogens (tertiary/aromatic N) is 2. The van der Waals surface area contributed by atoms with Gasteiger partial charge in [-0.05, 0) is 24.6 Å². The van der Waals surface area contributed by atoms with Gasteiger partial charge in [0.25, 0.3) is 0 Å². The van der Waals surface area contributed by atoms with E-state index in [1.807, 2.05) is 30.3 Å². The second kappa shape index (κ2) is 8.20. The van der Waals surface area contributed by atoms with Crippen LogP contribution in [0.15, 0.2) is 54.7 Å². The van der Waals surface area contributed by atoms with E-state index in [4.69, 9.17) is 15.7 Å². The number of hydrogen-bond donors (Lipinski definition) is 4.